The number of nitrogens with one attached hydrogen (secondary N) is 1. The van der Waals surface area contributed by atoms with Crippen LogP contribution in [0.15, 0.2) is 35.0 Å². The molecule has 2 heterocycles. The van der Waals surface area contributed by atoms with Crippen molar-refractivity contribution < 1.29 is 14.3 Å². The Labute approximate surface area is 142 Å². The van der Waals surface area contributed by atoms with Crippen molar-refractivity contribution in [3.05, 3.63) is 44.8 Å². The van der Waals surface area contributed by atoms with Crippen LogP contribution in [0.5, 0.6) is 0 Å². The van der Waals surface area contributed by atoms with Gasteiger partial charge in [0.05, 0.1) is 5.57 Å². The molecule has 2 aromatic heterocycles. The minimum atomic E-state index is -0.796. The lowest BCUT2D eigenvalue weighted by molar-refractivity contribution is -0.149. The van der Waals surface area contributed by atoms with E-state index >= 15 is 0 Å². The summed E-state index contributed by atoms with van der Waals surface area (Å²) in [6.45, 7) is 1.60. The monoisotopic (exact) mass is 347 g/mol. The summed E-state index contributed by atoms with van der Waals surface area (Å²) in [5, 5.41) is 6.71. The van der Waals surface area contributed by atoms with E-state index in [2.05, 4.69) is 5.32 Å². The number of esters is 1. The zero-order chi connectivity index (χ0) is 16.2. The molecule has 0 unspecified atom stereocenters. The number of amides is 1. The lowest BCUT2D eigenvalue weighted by Crippen LogP contribution is -2.37. The van der Waals surface area contributed by atoms with Gasteiger partial charge in [-0.05, 0) is 48.7 Å². The molecule has 4 nitrogen and oxygen atoms in total. The number of hydrogen-bond acceptors (Lipinski definition) is 5. The Hall–Kier alpha value is -1.92. The van der Waals surface area contributed by atoms with Crippen molar-refractivity contribution >= 4 is 46.2 Å². The molecule has 3 rings (SSSR count). The third-order valence-electron chi connectivity index (χ3n) is 3.41. The molecule has 1 fully saturated rings. The highest BCUT2D eigenvalue weighted by atomic mass is 32.1. The molecule has 23 heavy (non-hydrogen) atoms. The Bertz CT molecular complexity index is 700. The summed E-state index contributed by atoms with van der Waals surface area (Å²) in [5.41, 5.74) is 0.480. The highest BCUT2D eigenvalue weighted by Crippen LogP contribution is 2.26. The lowest BCUT2D eigenvalue weighted by Gasteiger charge is -2.14. The van der Waals surface area contributed by atoms with E-state index in [1.165, 1.54) is 11.3 Å². The molecule has 120 valence electrons. The molecule has 0 radical (unpaired) electrons. The summed E-state index contributed by atoms with van der Waals surface area (Å²) < 4.78 is 5.37. The molecule has 0 saturated heterocycles. The van der Waals surface area contributed by atoms with Gasteiger partial charge < -0.3 is 10.1 Å². The number of hydrogen-bond donors (Lipinski definition) is 1. The molecule has 1 aliphatic carbocycles. The summed E-state index contributed by atoms with van der Waals surface area (Å²) in [6, 6.07) is 7.88. The molecule has 2 aromatic rings. The highest BCUT2D eigenvalue weighted by Gasteiger charge is 2.28. The second kappa shape index (κ2) is 7.10. The summed E-state index contributed by atoms with van der Waals surface area (Å²) in [7, 11) is 0. The van der Waals surface area contributed by atoms with Gasteiger partial charge >= 0.3 is 5.97 Å². The average molecular weight is 347 g/mol. The van der Waals surface area contributed by atoms with Crippen LogP contribution < -0.4 is 5.32 Å². The van der Waals surface area contributed by atoms with Gasteiger partial charge in [-0.3, -0.25) is 4.79 Å². The molecule has 1 N–H and O–H groups in total. The molecule has 6 heteroatoms. The fourth-order valence-electron chi connectivity index (χ4n) is 2.00. The van der Waals surface area contributed by atoms with Crippen LogP contribution in [-0.4, -0.2) is 24.0 Å². The minimum Gasteiger partial charge on any atom is -0.449 e. The van der Waals surface area contributed by atoms with Gasteiger partial charge in [-0.1, -0.05) is 12.1 Å². The smallest absolute Gasteiger partial charge is 0.340 e. The van der Waals surface area contributed by atoms with Crippen molar-refractivity contribution in [1.82, 2.24) is 5.32 Å². The third kappa shape index (κ3) is 4.30. The number of carbonyl (C=O) groups excluding carboxylic acids is 2. The van der Waals surface area contributed by atoms with Crippen molar-refractivity contribution in [3.63, 3.8) is 0 Å². The zero-order valence-corrected chi connectivity index (χ0v) is 14.3. The first kappa shape index (κ1) is 16.0. The van der Waals surface area contributed by atoms with E-state index < -0.39 is 12.1 Å². The highest BCUT2D eigenvalue weighted by molar-refractivity contribution is 7.12. The molecule has 1 saturated carbocycles. The molecule has 1 amide bonds. The Kier molecular flexibility index (Phi) is 4.93. The topological polar surface area (TPSA) is 55.4 Å². The van der Waals surface area contributed by atoms with Crippen LogP contribution in [0.4, 0.5) is 0 Å². The Morgan fingerprint density at radius 3 is 2.61 bits per heavy atom. The van der Waals surface area contributed by atoms with Crippen LogP contribution in [0, 0.1) is 0 Å². The summed E-state index contributed by atoms with van der Waals surface area (Å²) in [6.07, 6.45) is 3.02. The van der Waals surface area contributed by atoms with E-state index in [1.807, 2.05) is 41.1 Å². The Morgan fingerprint density at radius 1 is 1.26 bits per heavy atom. The van der Waals surface area contributed by atoms with E-state index in [-0.39, 0.29) is 11.9 Å². The molecule has 0 aromatic carbocycles. The largest absolute Gasteiger partial charge is 0.449 e. The van der Waals surface area contributed by atoms with E-state index in [1.54, 1.807) is 18.3 Å². The van der Waals surface area contributed by atoms with Crippen molar-refractivity contribution in [2.45, 2.75) is 31.9 Å². The minimum absolute atomic E-state index is 0.234. The average Bonchev–Trinajstić information content (AvgIpc) is 3.01. The first-order valence-corrected chi connectivity index (χ1v) is 9.20. The maximum absolute atomic E-state index is 12.5. The zero-order valence-electron chi connectivity index (χ0n) is 12.7. The predicted octanol–water partition coefficient (Wildman–Crippen LogP) is 3.56. The summed E-state index contributed by atoms with van der Waals surface area (Å²) in [5.74, 6) is -0.707. The van der Waals surface area contributed by atoms with E-state index in [0.717, 1.165) is 22.6 Å². The summed E-state index contributed by atoms with van der Waals surface area (Å²) >= 11 is 3.02. The van der Waals surface area contributed by atoms with E-state index in [4.69, 9.17) is 4.74 Å². The van der Waals surface area contributed by atoms with Crippen molar-refractivity contribution in [1.29, 1.82) is 0 Å². The maximum Gasteiger partial charge on any atom is 0.340 e. The van der Waals surface area contributed by atoms with Gasteiger partial charge in [0.25, 0.3) is 5.91 Å². The molecule has 1 aliphatic rings. The maximum atomic E-state index is 12.5. The Balaban J connectivity index is 1.74. The van der Waals surface area contributed by atoms with Gasteiger partial charge in [0.15, 0.2) is 6.10 Å². The van der Waals surface area contributed by atoms with Gasteiger partial charge in [0, 0.05) is 15.8 Å². The standard InChI is InChI=1S/C17H17NO3S2/c1-11(16(19)18-12-6-7-12)21-17(20)14(15-5-3-9-23-15)10-13-4-2-8-22-13/h2-5,8-12H,6-7H2,1H3,(H,18,19)/b14-10+/t11-/m1/s1. The lowest BCUT2D eigenvalue weighted by atomic mass is 10.2. The molecular weight excluding hydrogens is 330 g/mol. The second-order valence-electron chi connectivity index (χ2n) is 5.38. The predicted molar refractivity (Wildman–Crippen MR) is 93.2 cm³/mol. The van der Waals surface area contributed by atoms with Crippen molar-refractivity contribution in [2.24, 2.45) is 0 Å². The van der Waals surface area contributed by atoms with Crippen LogP contribution in [0.3, 0.4) is 0 Å². The normalized spacial score (nSPS) is 16.0. The van der Waals surface area contributed by atoms with Gasteiger partial charge in [0.2, 0.25) is 0 Å². The SMILES string of the molecule is C[C@@H](OC(=O)/C(=C/c1cccs1)c1cccs1)C(=O)NC1CC1. The first-order valence-electron chi connectivity index (χ1n) is 7.44. The van der Waals surface area contributed by atoms with Gasteiger partial charge in [0.1, 0.15) is 0 Å². The number of thiophene rings is 2. The third-order valence-corrected chi connectivity index (χ3v) is 5.14. The van der Waals surface area contributed by atoms with Gasteiger partial charge in [-0.2, -0.15) is 0 Å². The van der Waals surface area contributed by atoms with Crippen LogP contribution >= 0.6 is 22.7 Å². The van der Waals surface area contributed by atoms with Crippen molar-refractivity contribution in [2.75, 3.05) is 0 Å². The molecule has 1 atom stereocenters. The quantitative estimate of drug-likeness (QED) is 0.642. The second-order valence-corrected chi connectivity index (χ2v) is 7.31. The van der Waals surface area contributed by atoms with E-state index in [0.29, 0.717) is 5.57 Å². The van der Waals surface area contributed by atoms with E-state index in [9.17, 15) is 9.59 Å². The van der Waals surface area contributed by atoms with Crippen LogP contribution in [-0.2, 0) is 14.3 Å². The summed E-state index contributed by atoms with van der Waals surface area (Å²) in [4.78, 5) is 26.3. The van der Waals surface area contributed by atoms with Crippen LogP contribution in [0.1, 0.15) is 29.5 Å². The molecule has 0 spiro atoms. The van der Waals surface area contributed by atoms with Crippen LogP contribution in [0.25, 0.3) is 11.6 Å². The number of rotatable bonds is 6. The first-order chi connectivity index (χ1) is 11.1. The molecule has 0 aliphatic heterocycles. The van der Waals surface area contributed by atoms with Crippen LogP contribution in [0.2, 0.25) is 0 Å². The Morgan fingerprint density at radius 2 is 2.00 bits per heavy atom. The number of ether oxygens (including phenoxy) is 1. The fourth-order valence-corrected chi connectivity index (χ4v) is 3.39. The fraction of sp³-hybridized carbons (Fsp3) is 0.294. The van der Waals surface area contributed by atoms with Gasteiger partial charge in [-0.25, -0.2) is 4.79 Å². The van der Waals surface area contributed by atoms with Gasteiger partial charge in [-0.15, -0.1) is 22.7 Å². The molecular formula is C17H17NO3S2. The van der Waals surface area contributed by atoms with Crippen molar-refractivity contribution in [3.8, 4) is 0 Å². The molecule has 0 bridgehead atoms. The number of carbonyl (C=O) groups is 2.